The van der Waals surface area contributed by atoms with E-state index in [4.69, 9.17) is 8.83 Å². The molecule has 3 heteroatoms. The molecular formula is C46H29NO2. The molecule has 0 N–H and O–H groups in total. The zero-order chi connectivity index (χ0) is 32.3. The summed E-state index contributed by atoms with van der Waals surface area (Å²) in [5.74, 6) is 0. The molecule has 10 aromatic rings. The molecule has 0 radical (unpaired) electrons. The van der Waals surface area contributed by atoms with Crippen LogP contribution in [0.1, 0.15) is 0 Å². The van der Waals surface area contributed by atoms with Gasteiger partial charge in [-0.05, 0) is 82.2 Å². The van der Waals surface area contributed by atoms with E-state index >= 15 is 0 Å². The molecule has 3 nitrogen and oxygen atoms in total. The van der Waals surface area contributed by atoms with Crippen molar-refractivity contribution in [2.24, 2.45) is 0 Å². The predicted octanol–water partition coefficient (Wildman–Crippen LogP) is 13.4. The fraction of sp³-hybridized carbons (Fsp3) is 0. The summed E-state index contributed by atoms with van der Waals surface area (Å²) in [7, 11) is 0. The van der Waals surface area contributed by atoms with Gasteiger partial charge in [0.1, 0.15) is 22.3 Å². The van der Waals surface area contributed by atoms with E-state index in [0.29, 0.717) is 0 Å². The van der Waals surface area contributed by atoms with Crippen molar-refractivity contribution >= 4 is 71.7 Å². The van der Waals surface area contributed by atoms with Gasteiger partial charge in [-0.25, -0.2) is 0 Å². The van der Waals surface area contributed by atoms with E-state index in [9.17, 15) is 0 Å². The Hall–Kier alpha value is -6.58. The van der Waals surface area contributed by atoms with Crippen LogP contribution in [0.15, 0.2) is 185 Å². The monoisotopic (exact) mass is 627 g/mol. The molecule has 230 valence electrons. The van der Waals surface area contributed by atoms with Crippen LogP contribution in [0.5, 0.6) is 0 Å². The van der Waals surface area contributed by atoms with E-state index in [0.717, 1.165) is 66.3 Å². The second-order valence-electron chi connectivity index (χ2n) is 12.5. The molecular weight excluding hydrogens is 599 g/mol. The molecule has 0 aliphatic carbocycles. The average Bonchev–Trinajstić information content (AvgIpc) is 3.74. The summed E-state index contributed by atoms with van der Waals surface area (Å²) >= 11 is 0. The smallest absolute Gasteiger partial charge is 0.143 e. The highest BCUT2D eigenvalue weighted by Gasteiger charge is 2.20. The number of nitrogens with zero attached hydrogens (tertiary/aromatic N) is 1. The Balaban J connectivity index is 1.22. The Morgan fingerprint density at radius 2 is 0.918 bits per heavy atom. The van der Waals surface area contributed by atoms with Gasteiger partial charge in [-0.1, -0.05) is 115 Å². The van der Waals surface area contributed by atoms with E-state index < -0.39 is 0 Å². The van der Waals surface area contributed by atoms with Gasteiger partial charge >= 0.3 is 0 Å². The summed E-state index contributed by atoms with van der Waals surface area (Å²) in [4.78, 5) is 2.33. The van der Waals surface area contributed by atoms with E-state index in [2.05, 4.69) is 169 Å². The zero-order valence-corrected chi connectivity index (χ0v) is 26.5. The Labute approximate surface area is 282 Å². The van der Waals surface area contributed by atoms with Crippen molar-refractivity contribution in [1.29, 1.82) is 0 Å². The molecule has 0 saturated carbocycles. The first-order valence-electron chi connectivity index (χ1n) is 16.6. The van der Waals surface area contributed by atoms with E-state index in [1.165, 1.54) is 27.6 Å². The third-order valence-corrected chi connectivity index (χ3v) is 9.65. The topological polar surface area (TPSA) is 29.5 Å². The Kier molecular flexibility index (Phi) is 6.18. The highest BCUT2D eigenvalue weighted by Crippen LogP contribution is 2.44. The van der Waals surface area contributed by atoms with Gasteiger partial charge in [-0.2, -0.15) is 0 Å². The molecule has 2 heterocycles. The Morgan fingerprint density at radius 3 is 1.76 bits per heavy atom. The maximum absolute atomic E-state index is 6.67. The molecule has 0 unspecified atom stereocenters. The predicted molar refractivity (Wildman–Crippen MR) is 204 cm³/mol. The molecule has 0 fully saturated rings. The molecule has 49 heavy (non-hydrogen) atoms. The first-order valence-corrected chi connectivity index (χ1v) is 16.6. The molecule has 8 aromatic carbocycles. The van der Waals surface area contributed by atoms with Gasteiger partial charge in [-0.15, -0.1) is 0 Å². The molecule has 0 bridgehead atoms. The number of para-hydroxylation sites is 1. The minimum absolute atomic E-state index is 0.855. The van der Waals surface area contributed by atoms with Crippen molar-refractivity contribution < 1.29 is 8.83 Å². The minimum Gasteiger partial charge on any atom is -0.456 e. The summed E-state index contributed by atoms with van der Waals surface area (Å²) in [6.45, 7) is 0. The summed E-state index contributed by atoms with van der Waals surface area (Å²) in [6.07, 6.45) is 0. The van der Waals surface area contributed by atoms with Crippen molar-refractivity contribution in [3.63, 3.8) is 0 Å². The first kappa shape index (κ1) is 27.5. The molecule has 10 rings (SSSR count). The second kappa shape index (κ2) is 11.0. The lowest BCUT2D eigenvalue weighted by Crippen LogP contribution is -2.10. The van der Waals surface area contributed by atoms with Gasteiger partial charge in [0.05, 0.1) is 0 Å². The third-order valence-electron chi connectivity index (χ3n) is 9.65. The summed E-state index contributed by atoms with van der Waals surface area (Å²) in [6, 6.07) is 62.1. The molecule has 0 saturated heterocycles. The second-order valence-corrected chi connectivity index (χ2v) is 12.5. The van der Waals surface area contributed by atoms with Crippen molar-refractivity contribution in [3.05, 3.63) is 176 Å². The normalized spacial score (nSPS) is 11.7. The number of rotatable bonds is 5. The molecule has 0 aliphatic rings. The van der Waals surface area contributed by atoms with Crippen molar-refractivity contribution in [3.8, 4) is 22.3 Å². The van der Waals surface area contributed by atoms with Gasteiger partial charge < -0.3 is 13.7 Å². The van der Waals surface area contributed by atoms with Gasteiger partial charge in [0.15, 0.2) is 0 Å². The van der Waals surface area contributed by atoms with Gasteiger partial charge in [0, 0.05) is 50.1 Å². The van der Waals surface area contributed by atoms with Crippen molar-refractivity contribution in [1.82, 2.24) is 0 Å². The number of fused-ring (bicyclic) bond motifs is 8. The fourth-order valence-corrected chi connectivity index (χ4v) is 7.33. The fourth-order valence-electron chi connectivity index (χ4n) is 7.33. The maximum Gasteiger partial charge on any atom is 0.143 e. The Bertz CT molecular complexity index is 2830. The van der Waals surface area contributed by atoms with Crippen molar-refractivity contribution in [2.75, 3.05) is 4.90 Å². The minimum atomic E-state index is 0.855. The van der Waals surface area contributed by atoms with Crippen LogP contribution >= 0.6 is 0 Å². The molecule has 0 atom stereocenters. The van der Waals surface area contributed by atoms with Gasteiger partial charge in [-0.3, -0.25) is 0 Å². The number of hydrogen-bond donors (Lipinski definition) is 0. The summed E-state index contributed by atoms with van der Waals surface area (Å²) in [5, 5.41) is 6.70. The quantitative estimate of drug-likeness (QED) is 0.190. The van der Waals surface area contributed by atoms with E-state index in [1.54, 1.807) is 0 Å². The summed E-state index contributed by atoms with van der Waals surface area (Å²) < 4.78 is 12.9. The van der Waals surface area contributed by atoms with Crippen LogP contribution in [0.3, 0.4) is 0 Å². The largest absolute Gasteiger partial charge is 0.456 e. The maximum atomic E-state index is 6.67. The molecule has 0 spiro atoms. The van der Waals surface area contributed by atoms with Crippen LogP contribution in [0.2, 0.25) is 0 Å². The van der Waals surface area contributed by atoms with E-state index in [1.807, 2.05) is 12.1 Å². The first-order chi connectivity index (χ1) is 24.3. The van der Waals surface area contributed by atoms with Crippen LogP contribution in [-0.4, -0.2) is 0 Å². The lowest BCUT2D eigenvalue weighted by Gasteiger charge is -2.27. The summed E-state index contributed by atoms with van der Waals surface area (Å²) in [5.41, 5.74) is 11.3. The number of hydrogen-bond acceptors (Lipinski definition) is 3. The average molecular weight is 628 g/mol. The number of furan rings is 2. The molecule has 0 aliphatic heterocycles. The van der Waals surface area contributed by atoms with Crippen LogP contribution in [0.4, 0.5) is 17.1 Å². The third kappa shape index (κ3) is 4.51. The lowest BCUT2D eigenvalue weighted by atomic mass is 9.93. The SMILES string of the molecule is c1ccc(-c2ccc(N(c3ccc4c(c3)oc3c5ccccc5ccc43)c3ccc4oc5ccccc5c4c3)cc2-c2ccccc2)cc1. The van der Waals surface area contributed by atoms with E-state index in [-0.39, 0.29) is 0 Å². The number of benzene rings is 8. The van der Waals surface area contributed by atoms with Crippen molar-refractivity contribution in [2.45, 2.75) is 0 Å². The van der Waals surface area contributed by atoms with Crippen LogP contribution in [-0.2, 0) is 0 Å². The van der Waals surface area contributed by atoms with Crippen LogP contribution in [0.25, 0.3) is 76.9 Å². The lowest BCUT2D eigenvalue weighted by molar-refractivity contribution is 0.669. The standard InChI is InChI=1S/C46H29NO2/c1-3-11-30(12-4-1)36-24-20-33(27-41(36)31-13-5-2-6-14-31)47(34-22-26-44-42(28-34)38-17-9-10-18-43(38)48-44)35-21-25-39-40-23-19-32-15-7-8-16-37(32)46(40)49-45(39)29-35/h1-29H. The van der Waals surface area contributed by atoms with Gasteiger partial charge in [0.2, 0.25) is 0 Å². The van der Waals surface area contributed by atoms with Gasteiger partial charge in [0.25, 0.3) is 0 Å². The molecule has 2 aromatic heterocycles. The molecule has 0 amide bonds. The zero-order valence-electron chi connectivity index (χ0n) is 26.5. The van der Waals surface area contributed by atoms with Crippen LogP contribution < -0.4 is 4.90 Å². The van der Waals surface area contributed by atoms with Crippen LogP contribution in [0, 0.1) is 0 Å². The highest BCUT2D eigenvalue weighted by molar-refractivity contribution is 6.15. The highest BCUT2D eigenvalue weighted by atomic mass is 16.3. The number of anilines is 3. The Morgan fingerprint density at radius 1 is 0.327 bits per heavy atom.